The third kappa shape index (κ3) is 2.98. The number of hydrogen-bond donors (Lipinski definition) is 0. The van der Waals surface area contributed by atoms with Crippen molar-refractivity contribution in [2.24, 2.45) is 0 Å². The molecular weight excluding hydrogens is 266 g/mol. The lowest BCUT2D eigenvalue weighted by Crippen LogP contribution is -2.03. The summed E-state index contributed by atoms with van der Waals surface area (Å²) in [5, 5.41) is 8.77. The zero-order valence-corrected chi connectivity index (χ0v) is 11.8. The molecule has 0 saturated carbocycles. The molecule has 2 aromatic rings. The van der Waals surface area contributed by atoms with E-state index in [-0.39, 0.29) is 5.76 Å². The first-order chi connectivity index (χ1) is 9.13. The molecule has 2 heterocycles. The van der Waals surface area contributed by atoms with Gasteiger partial charge in [-0.05, 0) is 19.9 Å². The fourth-order valence-corrected chi connectivity index (χ4v) is 2.58. The van der Waals surface area contributed by atoms with Crippen LogP contribution in [0, 0.1) is 0 Å². The van der Waals surface area contributed by atoms with E-state index in [4.69, 9.17) is 4.42 Å². The van der Waals surface area contributed by atoms with Gasteiger partial charge >= 0.3 is 5.97 Å². The predicted octanol–water partition coefficient (Wildman–Crippen LogP) is 2.53. The van der Waals surface area contributed by atoms with E-state index < -0.39 is 5.97 Å². The lowest BCUT2D eigenvalue weighted by atomic mass is 10.3. The summed E-state index contributed by atoms with van der Waals surface area (Å²) in [5.41, 5.74) is 0.787. The Morgan fingerprint density at radius 1 is 1.58 bits per heavy atom. The van der Waals surface area contributed by atoms with E-state index in [2.05, 4.69) is 28.8 Å². The van der Waals surface area contributed by atoms with Gasteiger partial charge in [0.15, 0.2) is 5.16 Å². The standard InChI is InChI=1S/C12H15N3O3S/c1-8(2)15-7-13-14-12(15)19-6-9-4-5-18-10(9)11(16)17-3/h4-5,7-8H,6H2,1-3H3. The van der Waals surface area contributed by atoms with Crippen molar-refractivity contribution >= 4 is 17.7 Å². The Kier molecular flexibility index (Phi) is 4.26. The van der Waals surface area contributed by atoms with Crippen molar-refractivity contribution in [2.75, 3.05) is 7.11 Å². The third-order valence-corrected chi connectivity index (χ3v) is 3.58. The van der Waals surface area contributed by atoms with Gasteiger partial charge in [0.1, 0.15) is 6.33 Å². The highest BCUT2D eigenvalue weighted by atomic mass is 32.2. The van der Waals surface area contributed by atoms with E-state index in [1.165, 1.54) is 25.1 Å². The highest BCUT2D eigenvalue weighted by Crippen LogP contribution is 2.25. The van der Waals surface area contributed by atoms with Crippen LogP contribution in [-0.4, -0.2) is 27.8 Å². The lowest BCUT2D eigenvalue weighted by Gasteiger charge is -2.08. The van der Waals surface area contributed by atoms with Crippen molar-refractivity contribution in [1.29, 1.82) is 0 Å². The van der Waals surface area contributed by atoms with Gasteiger partial charge < -0.3 is 13.7 Å². The molecule has 0 atom stereocenters. The lowest BCUT2D eigenvalue weighted by molar-refractivity contribution is 0.0564. The van der Waals surface area contributed by atoms with Crippen molar-refractivity contribution in [3.8, 4) is 0 Å². The fraction of sp³-hybridized carbons (Fsp3) is 0.417. The molecule has 102 valence electrons. The molecular formula is C12H15N3O3S. The zero-order valence-electron chi connectivity index (χ0n) is 11.0. The Morgan fingerprint density at radius 3 is 3.05 bits per heavy atom. The van der Waals surface area contributed by atoms with E-state index in [1.807, 2.05) is 4.57 Å². The Morgan fingerprint density at radius 2 is 2.37 bits per heavy atom. The summed E-state index contributed by atoms with van der Waals surface area (Å²) in [5.74, 6) is 0.350. The highest BCUT2D eigenvalue weighted by Gasteiger charge is 2.17. The number of esters is 1. The molecule has 0 aromatic carbocycles. The number of thioether (sulfide) groups is 1. The molecule has 7 heteroatoms. The molecule has 6 nitrogen and oxygen atoms in total. The minimum atomic E-state index is -0.467. The maximum Gasteiger partial charge on any atom is 0.374 e. The van der Waals surface area contributed by atoms with E-state index in [1.54, 1.807) is 12.4 Å². The van der Waals surface area contributed by atoms with Crippen LogP contribution < -0.4 is 0 Å². The SMILES string of the molecule is COC(=O)c1occc1CSc1nncn1C(C)C. The Bertz CT molecular complexity index is 562. The summed E-state index contributed by atoms with van der Waals surface area (Å²) < 4.78 is 11.8. The summed E-state index contributed by atoms with van der Waals surface area (Å²) >= 11 is 1.50. The predicted molar refractivity (Wildman–Crippen MR) is 70.0 cm³/mol. The molecule has 0 N–H and O–H groups in total. The van der Waals surface area contributed by atoms with Gasteiger partial charge in [-0.2, -0.15) is 0 Å². The number of carbonyl (C=O) groups is 1. The van der Waals surface area contributed by atoms with Gasteiger partial charge in [0.05, 0.1) is 13.4 Å². The smallest absolute Gasteiger partial charge is 0.374 e. The number of furan rings is 1. The van der Waals surface area contributed by atoms with E-state index >= 15 is 0 Å². The number of methoxy groups -OCH3 is 1. The first kappa shape index (κ1) is 13.7. The quantitative estimate of drug-likeness (QED) is 0.619. The monoisotopic (exact) mass is 281 g/mol. The van der Waals surface area contributed by atoms with Crippen molar-refractivity contribution in [2.45, 2.75) is 30.8 Å². The average Bonchev–Trinajstić information content (AvgIpc) is 3.03. The molecule has 0 unspecified atom stereocenters. The van der Waals surface area contributed by atoms with E-state index in [0.717, 1.165) is 10.7 Å². The minimum Gasteiger partial charge on any atom is -0.463 e. The zero-order chi connectivity index (χ0) is 13.8. The Hall–Kier alpha value is -1.76. The van der Waals surface area contributed by atoms with Gasteiger partial charge in [0, 0.05) is 17.4 Å². The van der Waals surface area contributed by atoms with Crippen LogP contribution in [0.15, 0.2) is 28.2 Å². The highest BCUT2D eigenvalue weighted by molar-refractivity contribution is 7.98. The molecule has 0 amide bonds. The number of ether oxygens (including phenoxy) is 1. The molecule has 2 aromatic heterocycles. The second-order valence-corrected chi connectivity index (χ2v) is 5.11. The fourth-order valence-electron chi connectivity index (χ4n) is 1.55. The number of aromatic nitrogens is 3. The summed E-state index contributed by atoms with van der Waals surface area (Å²) in [6.07, 6.45) is 3.18. The Labute approximate surface area is 115 Å². The molecule has 0 saturated heterocycles. The van der Waals surface area contributed by atoms with Crippen LogP contribution in [0.5, 0.6) is 0 Å². The van der Waals surface area contributed by atoms with Crippen LogP contribution in [0.2, 0.25) is 0 Å². The average molecular weight is 281 g/mol. The third-order valence-electron chi connectivity index (χ3n) is 2.57. The molecule has 2 rings (SSSR count). The Balaban J connectivity index is 2.09. The van der Waals surface area contributed by atoms with Gasteiger partial charge in [-0.25, -0.2) is 4.79 Å². The minimum absolute atomic E-state index is 0.241. The van der Waals surface area contributed by atoms with E-state index in [9.17, 15) is 4.79 Å². The van der Waals surface area contributed by atoms with Crippen LogP contribution in [-0.2, 0) is 10.5 Å². The molecule has 0 aliphatic rings. The van der Waals surface area contributed by atoms with Gasteiger partial charge in [-0.15, -0.1) is 10.2 Å². The van der Waals surface area contributed by atoms with Crippen molar-refractivity contribution in [1.82, 2.24) is 14.8 Å². The second kappa shape index (κ2) is 5.92. The molecule has 0 aliphatic heterocycles. The summed E-state index contributed by atoms with van der Waals surface area (Å²) in [7, 11) is 1.33. The van der Waals surface area contributed by atoms with Gasteiger partial charge in [0.25, 0.3) is 0 Å². The molecule has 0 aliphatic carbocycles. The van der Waals surface area contributed by atoms with Crippen LogP contribution >= 0.6 is 11.8 Å². The summed E-state index contributed by atoms with van der Waals surface area (Å²) in [4.78, 5) is 11.5. The molecule has 0 fully saturated rings. The number of rotatable bonds is 5. The number of hydrogen-bond acceptors (Lipinski definition) is 6. The number of carbonyl (C=O) groups excluding carboxylic acids is 1. The number of nitrogens with zero attached hydrogens (tertiary/aromatic N) is 3. The van der Waals surface area contributed by atoms with Gasteiger partial charge in [0.2, 0.25) is 5.76 Å². The summed E-state index contributed by atoms with van der Waals surface area (Å²) in [6.45, 7) is 4.12. The van der Waals surface area contributed by atoms with Crippen molar-refractivity contribution in [3.05, 3.63) is 30.0 Å². The maximum absolute atomic E-state index is 11.5. The van der Waals surface area contributed by atoms with Gasteiger partial charge in [-0.3, -0.25) is 0 Å². The normalized spacial score (nSPS) is 10.9. The maximum atomic E-state index is 11.5. The van der Waals surface area contributed by atoms with Gasteiger partial charge in [-0.1, -0.05) is 11.8 Å². The first-order valence-corrected chi connectivity index (χ1v) is 6.79. The largest absolute Gasteiger partial charge is 0.463 e. The van der Waals surface area contributed by atoms with Crippen LogP contribution in [0.25, 0.3) is 0 Å². The van der Waals surface area contributed by atoms with Crippen molar-refractivity contribution < 1.29 is 13.9 Å². The van der Waals surface area contributed by atoms with Crippen molar-refractivity contribution in [3.63, 3.8) is 0 Å². The molecule has 0 radical (unpaired) electrons. The first-order valence-electron chi connectivity index (χ1n) is 5.80. The van der Waals surface area contributed by atoms with Crippen LogP contribution in [0.1, 0.15) is 36.0 Å². The van der Waals surface area contributed by atoms with Crippen LogP contribution in [0.4, 0.5) is 0 Å². The molecule has 19 heavy (non-hydrogen) atoms. The summed E-state index contributed by atoms with van der Waals surface area (Å²) in [6, 6.07) is 2.05. The second-order valence-electron chi connectivity index (χ2n) is 4.17. The molecule has 0 spiro atoms. The van der Waals surface area contributed by atoms with E-state index in [0.29, 0.717) is 11.8 Å². The molecule has 0 bridgehead atoms. The van der Waals surface area contributed by atoms with Crippen LogP contribution in [0.3, 0.4) is 0 Å². The topological polar surface area (TPSA) is 70.2 Å².